The zero-order valence-corrected chi connectivity index (χ0v) is 12.5. The summed E-state index contributed by atoms with van der Waals surface area (Å²) in [5, 5.41) is 3.02. The van der Waals surface area contributed by atoms with Crippen LogP contribution in [0.25, 0.3) is 0 Å². The van der Waals surface area contributed by atoms with Gasteiger partial charge in [-0.05, 0) is 61.6 Å². The number of nitrogens with one attached hydrogen (secondary N) is 1. The molecule has 0 fully saturated rings. The summed E-state index contributed by atoms with van der Waals surface area (Å²) in [6, 6.07) is 14.2. The van der Waals surface area contributed by atoms with E-state index in [1.54, 1.807) is 0 Å². The predicted molar refractivity (Wildman–Crippen MR) is 87.0 cm³/mol. The first-order valence-electron chi connectivity index (χ1n) is 7.38. The molecule has 1 aliphatic heterocycles. The minimum absolute atomic E-state index is 0.0489. The zero-order chi connectivity index (χ0) is 14.8. The normalized spacial score (nSPS) is 13.7. The highest BCUT2D eigenvalue weighted by molar-refractivity contribution is 6.02. The average molecular weight is 280 g/mol. The summed E-state index contributed by atoms with van der Waals surface area (Å²) in [4.78, 5) is 14.4. The van der Waals surface area contributed by atoms with Crippen LogP contribution in [0, 0.1) is 13.8 Å². The van der Waals surface area contributed by atoms with E-state index in [1.807, 2.05) is 49.1 Å². The Morgan fingerprint density at radius 3 is 2.57 bits per heavy atom. The number of benzene rings is 2. The van der Waals surface area contributed by atoms with Crippen molar-refractivity contribution >= 4 is 17.4 Å². The molecule has 108 valence electrons. The fraction of sp³-hybridized carbons (Fsp3) is 0.278. The van der Waals surface area contributed by atoms with Crippen LogP contribution in [0.15, 0.2) is 42.5 Å². The maximum absolute atomic E-state index is 12.6. The van der Waals surface area contributed by atoms with Crippen molar-refractivity contribution < 1.29 is 4.79 Å². The molecule has 3 heteroatoms. The van der Waals surface area contributed by atoms with Gasteiger partial charge in [0.1, 0.15) is 0 Å². The lowest BCUT2D eigenvalue weighted by atomic mass is 10.0. The second kappa shape index (κ2) is 5.60. The molecule has 1 N–H and O–H groups in total. The molecule has 0 aromatic heterocycles. The van der Waals surface area contributed by atoms with Crippen molar-refractivity contribution in [3.63, 3.8) is 0 Å². The Labute approximate surface area is 125 Å². The summed E-state index contributed by atoms with van der Waals surface area (Å²) in [5.41, 5.74) is 5.46. The molecule has 0 saturated heterocycles. The summed E-state index contributed by atoms with van der Waals surface area (Å²) in [5.74, 6) is 0. The molecule has 1 aliphatic rings. The summed E-state index contributed by atoms with van der Waals surface area (Å²) in [6.07, 6.45) is 2.06. The van der Waals surface area contributed by atoms with Gasteiger partial charge >= 0.3 is 6.03 Å². The highest BCUT2D eigenvalue weighted by atomic mass is 16.2. The number of carbonyl (C=O) groups excluding carboxylic acids is 1. The molecule has 3 rings (SSSR count). The predicted octanol–water partition coefficient (Wildman–Crippen LogP) is 4.29. The van der Waals surface area contributed by atoms with Gasteiger partial charge in [0, 0.05) is 17.9 Å². The van der Waals surface area contributed by atoms with Crippen LogP contribution in [0.2, 0.25) is 0 Å². The van der Waals surface area contributed by atoms with Crippen LogP contribution in [0.3, 0.4) is 0 Å². The van der Waals surface area contributed by atoms with E-state index in [-0.39, 0.29) is 6.03 Å². The number of nitrogens with zero attached hydrogens (tertiary/aromatic N) is 1. The number of rotatable bonds is 1. The van der Waals surface area contributed by atoms with Crippen molar-refractivity contribution in [1.29, 1.82) is 0 Å². The van der Waals surface area contributed by atoms with Crippen LogP contribution >= 0.6 is 0 Å². The molecular formula is C18H20N2O. The maximum Gasteiger partial charge on any atom is 0.326 e. The zero-order valence-electron chi connectivity index (χ0n) is 12.5. The van der Waals surface area contributed by atoms with E-state index in [0.717, 1.165) is 41.9 Å². The molecule has 2 amide bonds. The highest BCUT2D eigenvalue weighted by Gasteiger charge is 2.22. The lowest BCUT2D eigenvalue weighted by Crippen LogP contribution is -2.38. The third-order valence-electron chi connectivity index (χ3n) is 3.83. The van der Waals surface area contributed by atoms with Gasteiger partial charge in [-0.2, -0.15) is 0 Å². The molecule has 2 aromatic carbocycles. The molecule has 0 unspecified atom stereocenters. The average Bonchev–Trinajstić information content (AvgIpc) is 2.45. The number of urea groups is 1. The molecule has 0 spiro atoms. The van der Waals surface area contributed by atoms with Gasteiger partial charge in [-0.25, -0.2) is 4.79 Å². The van der Waals surface area contributed by atoms with Crippen LogP contribution in [0.4, 0.5) is 16.2 Å². The van der Waals surface area contributed by atoms with Crippen LogP contribution in [0.1, 0.15) is 23.1 Å². The lowest BCUT2D eigenvalue weighted by Gasteiger charge is -2.29. The Morgan fingerprint density at radius 1 is 1.10 bits per heavy atom. The monoisotopic (exact) mass is 280 g/mol. The maximum atomic E-state index is 12.6. The van der Waals surface area contributed by atoms with E-state index in [0.29, 0.717) is 0 Å². The summed E-state index contributed by atoms with van der Waals surface area (Å²) in [6.45, 7) is 4.85. The van der Waals surface area contributed by atoms with Crippen molar-refractivity contribution in [3.05, 3.63) is 59.2 Å². The van der Waals surface area contributed by atoms with Crippen molar-refractivity contribution in [1.82, 2.24) is 0 Å². The number of para-hydroxylation sites is 1. The second-order valence-electron chi connectivity index (χ2n) is 5.69. The van der Waals surface area contributed by atoms with Gasteiger partial charge in [0.05, 0.1) is 0 Å². The summed E-state index contributed by atoms with van der Waals surface area (Å²) in [7, 11) is 0. The fourth-order valence-electron chi connectivity index (χ4n) is 2.98. The number of amides is 2. The Kier molecular flexibility index (Phi) is 3.65. The lowest BCUT2D eigenvalue weighted by molar-refractivity contribution is 0.256. The van der Waals surface area contributed by atoms with E-state index in [2.05, 4.69) is 17.4 Å². The molecule has 0 aliphatic carbocycles. The molecule has 0 saturated carbocycles. The van der Waals surface area contributed by atoms with E-state index >= 15 is 0 Å². The quantitative estimate of drug-likeness (QED) is 0.830. The SMILES string of the molecule is Cc1cc(C)cc(NC(=O)N2CCCc3ccccc32)c1. The Hall–Kier alpha value is -2.29. The van der Waals surface area contributed by atoms with Gasteiger partial charge in [0.25, 0.3) is 0 Å². The topological polar surface area (TPSA) is 32.3 Å². The molecule has 2 aromatic rings. The van der Waals surface area contributed by atoms with Crippen molar-refractivity contribution in [2.45, 2.75) is 26.7 Å². The summed E-state index contributed by atoms with van der Waals surface area (Å²) < 4.78 is 0. The van der Waals surface area contributed by atoms with Gasteiger partial charge in [0.15, 0.2) is 0 Å². The summed E-state index contributed by atoms with van der Waals surface area (Å²) >= 11 is 0. The number of hydrogen-bond acceptors (Lipinski definition) is 1. The first-order valence-corrected chi connectivity index (χ1v) is 7.38. The van der Waals surface area contributed by atoms with Gasteiger partial charge in [0.2, 0.25) is 0 Å². The van der Waals surface area contributed by atoms with Crippen molar-refractivity contribution in [2.24, 2.45) is 0 Å². The minimum Gasteiger partial charge on any atom is -0.308 e. The van der Waals surface area contributed by atoms with E-state index < -0.39 is 0 Å². The Morgan fingerprint density at radius 2 is 1.81 bits per heavy atom. The minimum atomic E-state index is -0.0489. The molecule has 21 heavy (non-hydrogen) atoms. The van der Waals surface area contributed by atoms with Crippen LogP contribution in [-0.4, -0.2) is 12.6 Å². The van der Waals surface area contributed by atoms with Gasteiger partial charge in [-0.1, -0.05) is 24.3 Å². The Bertz CT molecular complexity index is 658. The number of hydrogen-bond donors (Lipinski definition) is 1. The molecule has 0 atom stereocenters. The molecule has 0 bridgehead atoms. The van der Waals surface area contributed by atoms with Crippen LogP contribution in [-0.2, 0) is 6.42 Å². The number of fused-ring (bicyclic) bond motifs is 1. The van der Waals surface area contributed by atoms with Crippen molar-refractivity contribution in [3.8, 4) is 0 Å². The fourth-order valence-corrected chi connectivity index (χ4v) is 2.98. The molecule has 3 nitrogen and oxygen atoms in total. The van der Waals surface area contributed by atoms with Gasteiger partial charge in [-0.3, -0.25) is 4.90 Å². The van der Waals surface area contributed by atoms with Crippen molar-refractivity contribution in [2.75, 3.05) is 16.8 Å². The highest BCUT2D eigenvalue weighted by Crippen LogP contribution is 2.27. The largest absolute Gasteiger partial charge is 0.326 e. The van der Waals surface area contributed by atoms with Crippen LogP contribution < -0.4 is 10.2 Å². The molecule has 0 radical (unpaired) electrons. The molecule has 1 heterocycles. The van der Waals surface area contributed by atoms with Gasteiger partial charge < -0.3 is 5.32 Å². The number of carbonyl (C=O) groups is 1. The Balaban J connectivity index is 1.83. The first-order chi connectivity index (χ1) is 10.1. The van der Waals surface area contributed by atoms with E-state index in [9.17, 15) is 4.79 Å². The number of anilines is 2. The van der Waals surface area contributed by atoms with Gasteiger partial charge in [-0.15, -0.1) is 0 Å². The van der Waals surface area contributed by atoms with Crippen LogP contribution in [0.5, 0.6) is 0 Å². The number of aryl methyl sites for hydroxylation is 3. The van der Waals surface area contributed by atoms with E-state index in [4.69, 9.17) is 0 Å². The smallest absolute Gasteiger partial charge is 0.308 e. The van der Waals surface area contributed by atoms with E-state index in [1.165, 1.54) is 5.56 Å². The standard InChI is InChI=1S/C18H20N2O/c1-13-10-14(2)12-16(11-13)19-18(21)20-9-5-7-15-6-3-4-8-17(15)20/h3-4,6,8,10-12H,5,7,9H2,1-2H3,(H,19,21). The third-order valence-corrected chi connectivity index (χ3v) is 3.83. The first kappa shape index (κ1) is 13.7. The second-order valence-corrected chi connectivity index (χ2v) is 5.69. The molecular weight excluding hydrogens is 260 g/mol. The third kappa shape index (κ3) is 2.92.